The van der Waals surface area contributed by atoms with E-state index >= 15 is 0 Å². The molecule has 0 bridgehead atoms. The molecule has 0 radical (unpaired) electrons. The Hall–Kier alpha value is -4.17. The molecule has 0 unspecified atom stereocenters. The van der Waals surface area contributed by atoms with Gasteiger partial charge in [-0.15, -0.1) is 0 Å². The SMILES string of the molecule is CC1=NN(c2cccc(C(=O)O)c2)C(=O)/C1=C\c1ccc(-c2ccc(Cl)c(C(=O)NC3CC3)c2)o1. The van der Waals surface area contributed by atoms with Gasteiger partial charge in [-0.05, 0) is 74.4 Å². The number of carboxylic acids is 1. The summed E-state index contributed by atoms with van der Waals surface area (Å²) in [6.45, 7) is 1.69. The fourth-order valence-electron chi connectivity index (χ4n) is 3.70. The highest BCUT2D eigenvalue weighted by Gasteiger charge is 2.29. The molecule has 1 fully saturated rings. The summed E-state index contributed by atoms with van der Waals surface area (Å²) in [7, 11) is 0. The van der Waals surface area contributed by atoms with E-state index in [2.05, 4.69) is 10.4 Å². The molecule has 176 valence electrons. The van der Waals surface area contributed by atoms with Crippen molar-refractivity contribution in [1.82, 2.24) is 5.32 Å². The topological polar surface area (TPSA) is 112 Å². The maximum atomic E-state index is 13.0. The van der Waals surface area contributed by atoms with Gasteiger partial charge >= 0.3 is 5.97 Å². The van der Waals surface area contributed by atoms with E-state index in [4.69, 9.17) is 16.0 Å². The van der Waals surface area contributed by atoms with Crippen LogP contribution in [-0.4, -0.2) is 34.6 Å². The van der Waals surface area contributed by atoms with Crippen LogP contribution in [0.1, 0.15) is 46.2 Å². The van der Waals surface area contributed by atoms with Gasteiger partial charge in [-0.25, -0.2) is 4.79 Å². The Labute approximate surface area is 205 Å². The first-order valence-corrected chi connectivity index (χ1v) is 11.3. The molecule has 1 saturated carbocycles. The lowest BCUT2D eigenvalue weighted by atomic mass is 10.1. The van der Waals surface area contributed by atoms with E-state index in [0.29, 0.717) is 44.6 Å². The highest BCUT2D eigenvalue weighted by molar-refractivity contribution is 6.34. The quantitative estimate of drug-likeness (QED) is 0.473. The Balaban J connectivity index is 1.39. The molecule has 2 aliphatic rings. The molecule has 0 atom stereocenters. The summed E-state index contributed by atoms with van der Waals surface area (Å²) >= 11 is 6.24. The average molecular weight is 490 g/mol. The molecule has 8 nitrogen and oxygen atoms in total. The third-order valence-corrected chi connectivity index (χ3v) is 6.05. The highest BCUT2D eigenvalue weighted by atomic mass is 35.5. The Morgan fingerprint density at radius 3 is 2.71 bits per heavy atom. The first kappa shape index (κ1) is 22.6. The third kappa shape index (κ3) is 4.61. The number of amides is 2. The molecular formula is C26H20ClN3O5. The second-order valence-electron chi connectivity index (χ2n) is 8.36. The standard InChI is InChI=1S/C26H20ClN3O5/c1-14-20(25(32)30(29-14)18-4-2-3-16(11-18)26(33)34)13-19-8-10-23(35-19)15-5-9-22(27)21(12-15)24(31)28-17-6-7-17/h2-5,8-13,17H,6-7H2,1H3,(H,28,31)(H,33,34)/b20-13-. The Morgan fingerprint density at radius 2 is 1.97 bits per heavy atom. The lowest BCUT2D eigenvalue weighted by molar-refractivity contribution is -0.114. The van der Waals surface area contributed by atoms with E-state index in [1.54, 1.807) is 55.5 Å². The second kappa shape index (κ2) is 8.88. The third-order valence-electron chi connectivity index (χ3n) is 5.72. The zero-order valence-corrected chi connectivity index (χ0v) is 19.4. The number of anilines is 1. The van der Waals surface area contributed by atoms with Crippen molar-refractivity contribution in [2.45, 2.75) is 25.8 Å². The Kier molecular flexibility index (Phi) is 5.74. The number of furan rings is 1. The number of carbonyl (C=O) groups excluding carboxylic acids is 2. The van der Waals surface area contributed by atoms with Crippen LogP contribution >= 0.6 is 11.6 Å². The molecule has 2 N–H and O–H groups in total. The van der Waals surface area contributed by atoms with Crippen molar-refractivity contribution in [2.75, 3.05) is 5.01 Å². The van der Waals surface area contributed by atoms with Gasteiger partial charge in [-0.1, -0.05) is 17.7 Å². The molecule has 1 aromatic heterocycles. The summed E-state index contributed by atoms with van der Waals surface area (Å²) in [5.41, 5.74) is 2.27. The van der Waals surface area contributed by atoms with Gasteiger partial charge in [0.1, 0.15) is 11.5 Å². The van der Waals surface area contributed by atoms with Crippen molar-refractivity contribution in [3.63, 3.8) is 0 Å². The summed E-state index contributed by atoms with van der Waals surface area (Å²) < 4.78 is 5.93. The molecule has 2 amide bonds. The van der Waals surface area contributed by atoms with E-state index in [9.17, 15) is 19.5 Å². The van der Waals surface area contributed by atoms with E-state index in [1.807, 2.05) is 0 Å². The van der Waals surface area contributed by atoms with E-state index in [0.717, 1.165) is 12.8 Å². The first-order chi connectivity index (χ1) is 16.8. The highest BCUT2D eigenvalue weighted by Crippen LogP contribution is 2.30. The van der Waals surface area contributed by atoms with Crippen LogP contribution in [0.15, 0.2) is 69.7 Å². The average Bonchev–Trinajstić information content (AvgIpc) is 3.45. The van der Waals surface area contributed by atoms with Crippen LogP contribution in [-0.2, 0) is 4.79 Å². The maximum Gasteiger partial charge on any atom is 0.335 e. The maximum absolute atomic E-state index is 13.0. The molecule has 5 rings (SSSR count). The number of aromatic carboxylic acids is 1. The Bertz CT molecular complexity index is 1430. The van der Waals surface area contributed by atoms with Gasteiger partial charge in [-0.3, -0.25) is 9.59 Å². The number of rotatable bonds is 6. The van der Waals surface area contributed by atoms with Crippen LogP contribution in [0, 0.1) is 0 Å². The van der Waals surface area contributed by atoms with Gasteiger partial charge in [0.05, 0.1) is 33.1 Å². The Morgan fingerprint density at radius 1 is 1.17 bits per heavy atom. The minimum Gasteiger partial charge on any atom is -0.478 e. The number of nitrogens with zero attached hydrogens (tertiary/aromatic N) is 2. The zero-order valence-electron chi connectivity index (χ0n) is 18.6. The number of hydrogen-bond donors (Lipinski definition) is 2. The largest absolute Gasteiger partial charge is 0.478 e. The van der Waals surface area contributed by atoms with E-state index < -0.39 is 11.9 Å². The first-order valence-electron chi connectivity index (χ1n) is 11.0. The fourth-order valence-corrected chi connectivity index (χ4v) is 3.90. The predicted molar refractivity (Wildman–Crippen MR) is 132 cm³/mol. The molecule has 0 saturated heterocycles. The number of carboxylic acid groups (broad SMARTS) is 1. The molecule has 9 heteroatoms. The molecule has 1 aliphatic heterocycles. The van der Waals surface area contributed by atoms with Crippen molar-refractivity contribution in [2.24, 2.45) is 5.10 Å². The molecule has 2 heterocycles. The molecule has 2 aromatic carbocycles. The number of nitrogens with one attached hydrogen (secondary N) is 1. The predicted octanol–water partition coefficient (Wildman–Crippen LogP) is 5.00. The summed E-state index contributed by atoms with van der Waals surface area (Å²) in [6.07, 6.45) is 3.54. The lowest BCUT2D eigenvalue weighted by Gasteiger charge is -2.12. The van der Waals surface area contributed by atoms with Gasteiger partial charge in [0.2, 0.25) is 0 Å². The summed E-state index contributed by atoms with van der Waals surface area (Å²) in [4.78, 5) is 36.8. The zero-order chi connectivity index (χ0) is 24.7. The number of carbonyl (C=O) groups is 3. The van der Waals surface area contributed by atoms with Crippen LogP contribution in [0.3, 0.4) is 0 Å². The van der Waals surface area contributed by atoms with Crippen molar-refractivity contribution in [1.29, 1.82) is 0 Å². The molecule has 3 aromatic rings. The second-order valence-corrected chi connectivity index (χ2v) is 8.77. The smallest absolute Gasteiger partial charge is 0.335 e. The van der Waals surface area contributed by atoms with Crippen LogP contribution < -0.4 is 10.3 Å². The van der Waals surface area contributed by atoms with Gasteiger partial charge in [0.15, 0.2) is 0 Å². The van der Waals surface area contributed by atoms with Crippen molar-refractivity contribution < 1.29 is 23.9 Å². The van der Waals surface area contributed by atoms with Crippen molar-refractivity contribution in [3.05, 3.63) is 82.1 Å². The number of benzene rings is 2. The number of halogens is 1. The van der Waals surface area contributed by atoms with Gasteiger partial charge < -0.3 is 14.8 Å². The lowest BCUT2D eigenvalue weighted by Crippen LogP contribution is -2.25. The van der Waals surface area contributed by atoms with Gasteiger partial charge in [0, 0.05) is 11.6 Å². The fraction of sp³-hybridized carbons (Fsp3) is 0.154. The summed E-state index contributed by atoms with van der Waals surface area (Å²) in [5.74, 6) is -0.760. The van der Waals surface area contributed by atoms with Crippen LogP contribution in [0.5, 0.6) is 0 Å². The summed E-state index contributed by atoms with van der Waals surface area (Å²) in [5, 5.41) is 18.0. The van der Waals surface area contributed by atoms with Gasteiger partial charge in [0.25, 0.3) is 11.8 Å². The number of hydrazone groups is 1. The molecule has 1 aliphatic carbocycles. The monoisotopic (exact) mass is 489 g/mol. The van der Waals surface area contributed by atoms with Crippen LogP contribution in [0.4, 0.5) is 5.69 Å². The normalized spacial score (nSPS) is 16.5. The molecule has 0 spiro atoms. The van der Waals surface area contributed by atoms with Gasteiger partial charge in [-0.2, -0.15) is 10.1 Å². The summed E-state index contributed by atoms with van der Waals surface area (Å²) in [6, 6.07) is 14.8. The van der Waals surface area contributed by atoms with Crippen molar-refractivity contribution >= 4 is 46.9 Å². The molecule has 35 heavy (non-hydrogen) atoms. The van der Waals surface area contributed by atoms with Crippen LogP contribution in [0.2, 0.25) is 5.02 Å². The van der Waals surface area contributed by atoms with Crippen LogP contribution in [0.25, 0.3) is 17.4 Å². The minimum atomic E-state index is -1.09. The number of hydrogen-bond acceptors (Lipinski definition) is 5. The molecular weight excluding hydrogens is 470 g/mol. The van der Waals surface area contributed by atoms with Crippen molar-refractivity contribution in [3.8, 4) is 11.3 Å². The van der Waals surface area contributed by atoms with E-state index in [1.165, 1.54) is 17.1 Å². The van der Waals surface area contributed by atoms with E-state index in [-0.39, 0.29) is 17.5 Å². The minimum absolute atomic E-state index is 0.0596.